The molecular weight excluding hydrogens is 172 g/mol. The molecule has 2 aliphatic carbocycles. The summed E-state index contributed by atoms with van der Waals surface area (Å²) in [4.78, 5) is 11.9. The van der Waals surface area contributed by atoms with E-state index >= 15 is 0 Å². The molecule has 68 valence electrons. The molecule has 2 aliphatic rings. The Labute approximate surface area is 78.5 Å². The van der Waals surface area contributed by atoms with Crippen LogP contribution in [0.2, 0.25) is 0 Å². The number of ketones is 1. The van der Waals surface area contributed by atoms with Crippen LogP contribution in [0, 0.1) is 16.7 Å². The van der Waals surface area contributed by atoms with Gasteiger partial charge in [-0.2, -0.15) is 0 Å². The van der Waals surface area contributed by atoms with Gasteiger partial charge in [-0.3, -0.25) is 4.79 Å². The van der Waals surface area contributed by atoms with Crippen molar-refractivity contribution in [3.8, 4) is 0 Å². The molecule has 0 spiro atoms. The number of Topliss-reactive ketones (excluding diaryl/α,β-unsaturated/α-hetero) is 1. The molecule has 2 fully saturated rings. The summed E-state index contributed by atoms with van der Waals surface area (Å²) in [5.74, 6) is 0.794. The van der Waals surface area contributed by atoms with Crippen LogP contribution in [0.1, 0.15) is 33.6 Å². The quantitative estimate of drug-likeness (QED) is 0.532. The monoisotopic (exact) mass is 186 g/mol. The van der Waals surface area contributed by atoms with E-state index in [1.807, 2.05) is 20.8 Å². The average Bonchev–Trinajstić information content (AvgIpc) is 2.32. The highest BCUT2D eigenvalue weighted by Gasteiger charge is 2.64. The first-order valence-corrected chi connectivity index (χ1v) is 5.03. The SMILES string of the molecule is CC1(C)C(=O)[C@@]2(C)CC[C@@H]1C2Cl. The highest BCUT2D eigenvalue weighted by atomic mass is 35.5. The molecule has 0 amide bonds. The first-order chi connectivity index (χ1) is 5.40. The first-order valence-electron chi connectivity index (χ1n) is 4.59. The van der Waals surface area contributed by atoms with Gasteiger partial charge in [0, 0.05) is 16.2 Å². The van der Waals surface area contributed by atoms with Gasteiger partial charge in [-0.15, -0.1) is 11.6 Å². The number of hydrogen-bond donors (Lipinski definition) is 0. The molecule has 0 aromatic rings. The van der Waals surface area contributed by atoms with Crippen LogP contribution in [0.3, 0.4) is 0 Å². The summed E-state index contributed by atoms with van der Waals surface area (Å²) in [5, 5.41) is 0.0833. The fraction of sp³-hybridized carbons (Fsp3) is 0.900. The van der Waals surface area contributed by atoms with E-state index in [-0.39, 0.29) is 16.2 Å². The summed E-state index contributed by atoms with van der Waals surface area (Å²) < 4.78 is 0. The van der Waals surface area contributed by atoms with Gasteiger partial charge in [-0.1, -0.05) is 20.8 Å². The number of rotatable bonds is 0. The molecule has 0 heterocycles. The summed E-state index contributed by atoms with van der Waals surface area (Å²) in [6.07, 6.45) is 2.12. The molecule has 12 heavy (non-hydrogen) atoms. The molecule has 1 nitrogen and oxygen atoms in total. The Morgan fingerprint density at radius 1 is 1.42 bits per heavy atom. The maximum Gasteiger partial charge on any atom is 0.146 e. The highest BCUT2D eigenvalue weighted by molar-refractivity contribution is 6.25. The van der Waals surface area contributed by atoms with Crippen LogP contribution >= 0.6 is 11.6 Å². The summed E-state index contributed by atoms with van der Waals surface area (Å²) >= 11 is 6.28. The lowest BCUT2D eigenvalue weighted by Gasteiger charge is -2.30. The predicted octanol–water partition coefficient (Wildman–Crippen LogP) is 2.62. The van der Waals surface area contributed by atoms with Crippen molar-refractivity contribution in [3.63, 3.8) is 0 Å². The van der Waals surface area contributed by atoms with Crippen LogP contribution in [0.4, 0.5) is 0 Å². The molecule has 0 N–H and O–H groups in total. The molecule has 2 saturated carbocycles. The predicted molar refractivity (Wildman–Crippen MR) is 49.3 cm³/mol. The smallest absolute Gasteiger partial charge is 0.146 e. The zero-order valence-corrected chi connectivity index (χ0v) is 8.61. The molecule has 0 aromatic carbocycles. The van der Waals surface area contributed by atoms with Crippen molar-refractivity contribution in [2.75, 3.05) is 0 Å². The molecule has 2 heteroatoms. The van der Waals surface area contributed by atoms with Crippen molar-refractivity contribution in [2.24, 2.45) is 16.7 Å². The summed E-state index contributed by atoms with van der Waals surface area (Å²) in [6, 6.07) is 0. The minimum atomic E-state index is -0.213. The van der Waals surface area contributed by atoms with Crippen LogP contribution in [0.15, 0.2) is 0 Å². The van der Waals surface area contributed by atoms with Crippen LogP contribution in [0.5, 0.6) is 0 Å². The number of carbonyl (C=O) groups is 1. The summed E-state index contributed by atoms with van der Waals surface area (Å²) in [6.45, 7) is 6.11. The van der Waals surface area contributed by atoms with Crippen LogP contribution in [-0.4, -0.2) is 11.2 Å². The van der Waals surface area contributed by atoms with Gasteiger partial charge >= 0.3 is 0 Å². The average molecular weight is 187 g/mol. The number of alkyl halides is 1. The number of carbonyl (C=O) groups excluding carboxylic acids is 1. The molecule has 2 rings (SSSR count). The van der Waals surface area contributed by atoms with Crippen molar-refractivity contribution in [3.05, 3.63) is 0 Å². The second-order valence-corrected chi connectivity index (χ2v) is 5.49. The topological polar surface area (TPSA) is 17.1 Å². The third-order valence-corrected chi connectivity index (χ3v) is 4.75. The Morgan fingerprint density at radius 2 is 2.00 bits per heavy atom. The lowest BCUT2D eigenvalue weighted by atomic mass is 9.72. The van der Waals surface area contributed by atoms with E-state index in [4.69, 9.17) is 11.6 Å². The Kier molecular flexibility index (Phi) is 1.47. The van der Waals surface area contributed by atoms with Gasteiger partial charge in [0.25, 0.3) is 0 Å². The second-order valence-electron chi connectivity index (χ2n) is 5.02. The molecule has 0 aromatic heterocycles. The van der Waals surface area contributed by atoms with Gasteiger partial charge < -0.3 is 0 Å². The van der Waals surface area contributed by atoms with E-state index in [9.17, 15) is 4.79 Å². The number of fused-ring (bicyclic) bond motifs is 2. The van der Waals surface area contributed by atoms with E-state index in [1.165, 1.54) is 0 Å². The van der Waals surface area contributed by atoms with E-state index in [2.05, 4.69) is 0 Å². The van der Waals surface area contributed by atoms with E-state index in [1.54, 1.807) is 0 Å². The Bertz CT molecular complexity index is 246. The number of halogens is 1. The normalized spacial score (nSPS) is 50.2. The van der Waals surface area contributed by atoms with Crippen molar-refractivity contribution in [2.45, 2.75) is 39.0 Å². The molecular formula is C10H15ClO. The fourth-order valence-electron chi connectivity index (χ4n) is 3.05. The zero-order valence-electron chi connectivity index (χ0n) is 7.86. The second kappa shape index (κ2) is 2.06. The lowest BCUT2D eigenvalue weighted by molar-refractivity contribution is -0.134. The molecule has 0 radical (unpaired) electrons. The Morgan fingerprint density at radius 3 is 2.25 bits per heavy atom. The maximum absolute atomic E-state index is 11.9. The van der Waals surface area contributed by atoms with Crippen molar-refractivity contribution >= 4 is 17.4 Å². The van der Waals surface area contributed by atoms with Gasteiger partial charge in [0.1, 0.15) is 5.78 Å². The van der Waals surface area contributed by atoms with Crippen molar-refractivity contribution in [1.82, 2.24) is 0 Å². The number of hydrogen-bond acceptors (Lipinski definition) is 1. The van der Waals surface area contributed by atoms with E-state index in [0.29, 0.717) is 11.7 Å². The lowest BCUT2D eigenvalue weighted by Crippen LogP contribution is -2.35. The molecule has 1 unspecified atom stereocenters. The fourth-order valence-corrected chi connectivity index (χ4v) is 3.70. The Hall–Kier alpha value is -0.0400. The van der Waals surface area contributed by atoms with Crippen molar-refractivity contribution in [1.29, 1.82) is 0 Å². The van der Waals surface area contributed by atoms with Crippen LogP contribution < -0.4 is 0 Å². The van der Waals surface area contributed by atoms with E-state index in [0.717, 1.165) is 12.8 Å². The molecule has 2 bridgehead atoms. The maximum atomic E-state index is 11.9. The standard InChI is InChI=1S/C10H15ClO/c1-9(2)6-4-5-10(3,7(6)11)8(9)12/h6-7H,4-5H2,1-3H3/t6-,7?,10+/m1/s1. The summed E-state index contributed by atoms with van der Waals surface area (Å²) in [5.41, 5.74) is -0.380. The minimum absolute atomic E-state index is 0.0833. The summed E-state index contributed by atoms with van der Waals surface area (Å²) in [7, 11) is 0. The van der Waals surface area contributed by atoms with Gasteiger partial charge in [0.05, 0.1) is 0 Å². The van der Waals surface area contributed by atoms with E-state index < -0.39 is 0 Å². The van der Waals surface area contributed by atoms with Gasteiger partial charge in [0.15, 0.2) is 0 Å². The largest absolute Gasteiger partial charge is 0.298 e. The zero-order chi connectivity index (χ0) is 9.15. The van der Waals surface area contributed by atoms with Crippen LogP contribution in [0.25, 0.3) is 0 Å². The van der Waals surface area contributed by atoms with Crippen LogP contribution in [-0.2, 0) is 4.79 Å². The molecule has 3 atom stereocenters. The Balaban J connectivity index is 2.48. The first kappa shape index (κ1) is 8.55. The van der Waals surface area contributed by atoms with Crippen molar-refractivity contribution < 1.29 is 4.79 Å². The minimum Gasteiger partial charge on any atom is -0.298 e. The highest BCUT2D eigenvalue weighted by Crippen LogP contribution is 2.61. The molecule has 0 saturated heterocycles. The third kappa shape index (κ3) is 0.693. The third-order valence-electron chi connectivity index (χ3n) is 3.97. The van der Waals surface area contributed by atoms with Gasteiger partial charge in [-0.25, -0.2) is 0 Å². The molecule has 0 aliphatic heterocycles. The van der Waals surface area contributed by atoms with Gasteiger partial charge in [-0.05, 0) is 18.8 Å². The van der Waals surface area contributed by atoms with Gasteiger partial charge in [0.2, 0.25) is 0 Å².